The van der Waals surface area contributed by atoms with Gasteiger partial charge in [-0.15, -0.1) is 0 Å². The summed E-state index contributed by atoms with van der Waals surface area (Å²) in [6.07, 6.45) is 1.12. The maximum absolute atomic E-state index is 12.9. The van der Waals surface area contributed by atoms with Crippen LogP contribution in [0.3, 0.4) is 0 Å². The monoisotopic (exact) mass is 252 g/mol. The molecule has 2 aromatic rings. The highest BCUT2D eigenvalue weighted by molar-refractivity contribution is 6.33. The van der Waals surface area contributed by atoms with Gasteiger partial charge in [0.1, 0.15) is 12.1 Å². The van der Waals surface area contributed by atoms with E-state index in [9.17, 15) is 9.18 Å². The maximum atomic E-state index is 12.9. The van der Waals surface area contributed by atoms with Crippen LogP contribution < -0.4 is 0 Å². The molecule has 0 bridgehead atoms. The van der Waals surface area contributed by atoms with Gasteiger partial charge in [-0.05, 0) is 24.3 Å². The van der Waals surface area contributed by atoms with Crippen LogP contribution in [0.4, 0.5) is 4.39 Å². The topological polar surface area (TPSA) is 63.1 Å². The van der Waals surface area contributed by atoms with E-state index in [0.29, 0.717) is 11.3 Å². The number of hydrogen-bond acceptors (Lipinski definition) is 3. The summed E-state index contributed by atoms with van der Waals surface area (Å²) < 4.78 is 12.9. The second kappa shape index (κ2) is 4.47. The minimum Gasteiger partial charge on any atom is -0.477 e. The third-order valence-corrected chi connectivity index (χ3v) is 2.41. The zero-order chi connectivity index (χ0) is 12.4. The average Bonchev–Trinajstić information content (AvgIpc) is 2.29. The van der Waals surface area contributed by atoms with Crippen LogP contribution in [-0.4, -0.2) is 21.0 Å². The van der Waals surface area contributed by atoms with Crippen LogP contribution in [0.1, 0.15) is 10.5 Å². The number of hydrogen-bond donors (Lipinski definition) is 1. The first kappa shape index (κ1) is 11.5. The molecule has 0 spiro atoms. The molecular formula is C11H6ClFN2O2. The SMILES string of the molecule is O=C(O)c1cc(-c2ccc(F)cc2Cl)ncn1. The molecule has 0 fully saturated rings. The van der Waals surface area contributed by atoms with E-state index >= 15 is 0 Å². The maximum Gasteiger partial charge on any atom is 0.354 e. The number of benzene rings is 1. The summed E-state index contributed by atoms with van der Waals surface area (Å²) in [6.45, 7) is 0. The molecule has 1 N–H and O–H groups in total. The molecule has 0 saturated heterocycles. The Balaban J connectivity index is 2.53. The van der Waals surface area contributed by atoms with Gasteiger partial charge in [0.05, 0.1) is 10.7 Å². The molecule has 0 aliphatic rings. The van der Waals surface area contributed by atoms with E-state index in [4.69, 9.17) is 16.7 Å². The van der Waals surface area contributed by atoms with Gasteiger partial charge in [-0.25, -0.2) is 19.2 Å². The van der Waals surface area contributed by atoms with Crippen molar-refractivity contribution in [3.8, 4) is 11.3 Å². The number of nitrogens with zero attached hydrogens (tertiary/aromatic N) is 2. The predicted molar refractivity (Wildman–Crippen MR) is 59.4 cm³/mol. The number of halogens is 2. The molecule has 2 rings (SSSR count). The molecule has 0 radical (unpaired) electrons. The highest BCUT2D eigenvalue weighted by Crippen LogP contribution is 2.26. The summed E-state index contributed by atoms with van der Waals surface area (Å²) in [7, 11) is 0. The van der Waals surface area contributed by atoms with Gasteiger partial charge in [-0.2, -0.15) is 0 Å². The van der Waals surface area contributed by atoms with Crippen molar-refractivity contribution in [3.05, 3.63) is 47.1 Å². The van der Waals surface area contributed by atoms with E-state index in [2.05, 4.69) is 9.97 Å². The standard InChI is InChI=1S/C11H6ClFN2O2/c12-8-3-6(13)1-2-7(8)9-4-10(11(16)17)15-5-14-9/h1-5H,(H,16,17). The van der Waals surface area contributed by atoms with Crippen LogP contribution in [0.25, 0.3) is 11.3 Å². The lowest BCUT2D eigenvalue weighted by molar-refractivity contribution is 0.0690. The Bertz CT molecular complexity index is 589. The third kappa shape index (κ3) is 2.39. The summed E-state index contributed by atoms with van der Waals surface area (Å²) in [4.78, 5) is 18.2. The number of carbonyl (C=O) groups is 1. The van der Waals surface area contributed by atoms with Crippen molar-refractivity contribution in [3.63, 3.8) is 0 Å². The smallest absolute Gasteiger partial charge is 0.354 e. The Kier molecular flexibility index (Phi) is 3.01. The summed E-state index contributed by atoms with van der Waals surface area (Å²) in [6, 6.07) is 5.08. The highest BCUT2D eigenvalue weighted by Gasteiger charge is 2.10. The molecule has 6 heteroatoms. The Morgan fingerprint density at radius 2 is 2.06 bits per heavy atom. The molecule has 0 saturated carbocycles. The largest absolute Gasteiger partial charge is 0.477 e. The van der Waals surface area contributed by atoms with Crippen LogP contribution in [0.15, 0.2) is 30.6 Å². The highest BCUT2D eigenvalue weighted by atomic mass is 35.5. The van der Waals surface area contributed by atoms with Gasteiger partial charge < -0.3 is 5.11 Å². The van der Waals surface area contributed by atoms with Crippen molar-refractivity contribution >= 4 is 17.6 Å². The van der Waals surface area contributed by atoms with Gasteiger partial charge >= 0.3 is 5.97 Å². The zero-order valence-electron chi connectivity index (χ0n) is 8.39. The van der Waals surface area contributed by atoms with Crippen molar-refractivity contribution in [2.75, 3.05) is 0 Å². The molecule has 0 aliphatic heterocycles. The fraction of sp³-hybridized carbons (Fsp3) is 0. The molecule has 1 aromatic carbocycles. The van der Waals surface area contributed by atoms with E-state index in [1.165, 1.54) is 18.2 Å². The molecule has 4 nitrogen and oxygen atoms in total. The Hall–Kier alpha value is -2.01. The van der Waals surface area contributed by atoms with Crippen molar-refractivity contribution in [2.45, 2.75) is 0 Å². The van der Waals surface area contributed by atoms with Crippen molar-refractivity contribution in [1.82, 2.24) is 9.97 Å². The fourth-order valence-corrected chi connectivity index (χ4v) is 1.58. The van der Waals surface area contributed by atoms with Gasteiger partial charge in [0, 0.05) is 5.56 Å². The molecule has 0 aliphatic carbocycles. The molecule has 86 valence electrons. The van der Waals surface area contributed by atoms with E-state index in [1.807, 2.05) is 0 Å². The lowest BCUT2D eigenvalue weighted by atomic mass is 10.1. The minimum atomic E-state index is -1.16. The normalized spacial score (nSPS) is 10.2. The van der Waals surface area contributed by atoms with Gasteiger partial charge in [0.25, 0.3) is 0 Å². The molecule has 17 heavy (non-hydrogen) atoms. The first-order valence-corrected chi connectivity index (χ1v) is 4.96. The summed E-state index contributed by atoms with van der Waals surface area (Å²) in [5.41, 5.74) is 0.649. The van der Waals surface area contributed by atoms with Crippen LogP contribution in [0.2, 0.25) is 5.02 Å². The Morgan fingerprint density at radius 1 is 1.29 bits per heavy atom. The van der Waals surface area contributed by atoms with Crippen molar-refractivity contribution in [2.24, 2.45) is 0 Å². The van der Waals surface area contributed by atoms with Crippen molar-refractivity contribution in [1.29, 1.82) is 0 Å². The number of carboxylic acids is 1. The molecule has 1 heterocycles. The van der Waals surface area contributed by atoms with Gasteiger partial charge in [0.2, 0.25) is 0 Å². The van der Waals surface area contributed by atoms with E-state index in [-0.39, 0.29) is 10.7 Å². The number of rotatable bonds is 2. The summed E-state index contributed by atoms with van der Waals surface area (Å²) in [5, 5.41) is 8.95. The Labute approximate surface area is 101 Å². The van der Waals surface area contributed by atoms with Crippen molar-refractivity contribution < 1.29 is 14.3 Å². The lowest BCUT2D eigenvalue weighted by Crippen LogP contribution is -2.01. The van der Waals surface area contributed by atoms with Crippen LogP contribution >= 0.6 is 11.6 Å². The number of aromatic carboxylic acids is 1. The molecular weight excluding hydrogens is 247 g/mol. The van der Waals surface area contributed by atoms with Crippen LogP contribution in [0.5, 0.6) is 0 Å². The van der Waals surface area contributed by atoms with Crippen LogP contribution in [0, 0.1) is 5.82 Å². The lowest BCUT2D eigenvalue weighted by Gasteiger charge is -2.03. The van der Waals surface area contributed by atoms with E-state index in [0.717, 1.165) is 12.4 Å². The number of carboxylic acid groups (broad SMARTS) is 1. The number of aromatic nitrogens is 2. The minimum absolute atomic E-state index is 0.143. The first-order valence-electron chi connectivity index (χ1n) is 4.58. The van der Waals surface area contributed by atoms with E-state index in [1.54, 1.807) is 0 Å². The molecule has 1 aromatic heterocycles. The second-order valence-electron chi connectivity index (χ2n) is 3.22. The fourth-order valence-electron chi connectivity index (χ4n) is 1.32. The average molecular weight is 253 g/mol. The molecule has 0 atom stereocenters. The van der Waals surface area contributed by atoms with Gasteiger partial charge in [-0.1, -0.05) is 11.6 Å². The third-order valence-electron chi connectivity index (χ3n) is 2.09. The van der Waals surface area contributed by atoms with E-state index < -0.39 is 11.8 Å². The van der Waals surface area contributed by atoms with Crippen LogP contribution in [-0.2, 0) is 0 Å². The molecule has 0 amide bonds. The zero-order valence-corrected chi connectivity index (χ0v) is 9.15. The second-order valence-corrected chi connectivity index (χ2v) is 3.63. The molecule has 0 unspecified atom stereocenters. The Morgan fingerprint density at radius 3 is 2.71 bits per heavy atom. The quantitative estimate of drug-likeness (QED) is 0.892. The van der Waals surface area contributed by atoms with Gasteiger partial charge in [-0.3, -0.25) is 0 Å². The summed E-state index contributed by atoms with van der Waals surface area (Å²) >= 11 is 5.85. The van der Waals surface area contributed by atoms with Gasteiger partial charge in [0.15, 0.2) is 5.69 Å². The summed E-state index contributed by atoms with van der Waals surface area (Å²) in [5.74, 6) is -1.63. The predicted octanol–water partition coefficient (Wildman–Crippen LogP) is 2.63. The first-order chi connectivity index (χ1) is 8.08.